The smallest absolute Gasteiger partial charge is 0.325 e. The normalized spacial score (nSPS) is 34.4. The topological polar surface area (TPSA) is 72.5 Å². The lowest BCUT2D eigenvalue weighted by Crippen LogP contribution is -2.59. The number of amides is 2. The maximum Gasteiger partial charge on any atom is 0.325 e. The number of hydrogen-bond acceptors (Lipinski definition) is 5. The zero-order chi connectivity index (χ0) is 14.8. The van der Waals surface area contributed by atoms with Gasteiger partial charge < -0.3 is 15.0 Å². The summed E-state index contributed by atoms with van der Waals surface area (Å²) in [7, 11) is 3.59. The van der Waals surface area contributed by atoms with Crippen molar-refractivity contribution in [3.05, 3.63) is 5.21 Å². The monoisotopic (exact) mass is 321 g/mol. The van der Waals surface area contributed by atoms with Crippen LogP contribution in [-0.4, -0.2) is 76.7 Å². The van der Waals surface area contributed by atoms with Gasteiger partial charge in [-0.1, -0.05) is 0 Å². The number of nitrogens with zero attached hydrogens (tertiary/aromatic N) is 3. The minimum Gasteiger partial charge on any atom is -0.582 e. The summed E-state index contributed by atoms with van der Waals surface area (Å²) in [5, 5.41) is 16.5. The molecule has 20 heavy (non-hydrogen) atoms. The minimum absolute atomic E-state index is 0.0165. The van der Waals surface area contributed by atoms with Gasteiger partial charge in [-0.05, 0) is 0 Å². The molecule has 0 spiro atoms. The van der Waals surface area contributed by atoms with Gasteiger partial charge in [-0.3, -0.25) is 9.59 Å². The van der Waals surface area contributed by atoms with E-state index in [-0.39, 0.29) is 11.8 Å². The summed E-state index contributed by atoms with van der Waals surface area (Å²) < 4.78 is -0.116. The van der Waals surface area contributed by atoms with Crippen LogP contribution in [0.3, 0.4) is 0 Å². The lowest BCUT2D eigenvalue weighted by molar-refractivity contribution is -0.902. The zero-order valence-corrected chi connectivity index (χ0v) is 13.5. The molecule has 0 bridgehead atoms. The van der Waals surface area contributed by atoms with Crippen LogP contribution in [0, 0.1) is 5.21 Å². The van der Waals surface area contributed by atoms with Gasteiger partial charge in [-0.25, -0.2) is 0 Å². The predicted octanol–water partition coefficient (Wildman–Crippen LogP) is -0.0491. The number of likely N-dealkylation sites (N-methyl/N-ethyl adjacent to an activating group) is 1. The molecule has 2 heterocycles. The van der Waals surface area contributed by atoms with Crippen molar-refractivity contribution in [1.29, 1.82) is 0 Å². The summed E-state index contributed by atoms with van der Waals surface area (Å²) in [6.07, 6.45) is 0.400. The van der Waals surface area contributed by atoms with E-state index in [1.807, 2.05) is 7.05 Å². The van der Waals surface area contributed by atoms with Crippen molar-refractivity contribution in [1.82, 2.24) is 10.3 Å². The van der Waals surface area contributed by atoms with E-state index < -0.39 is 3.57 Å². The first-order valence-corrected chi connectivity index (χ1v) is 8.51. The molecule has 0 aromatic heterocycles. The van der Waals surface area contributed by atoms with Gasteiger partial charge in [0.15, 0.2) is 6.54 Å². The number of quaternary nitrogens is 2. The maximum absolute atomic E-state index is 12.5. The molecule has 1 N–H and O–H groups in total. The minimum atomic E-state index is -0.631. The molecule has 0 radical (unpaired) electrons. The van der Waals surface area contributed by atoms with Gasteiger partial charge in [-0.15, -0.1) is 3.57 Å². The Morgan fingerprint density at radius 3 is 2.85 bits per heavy atom. The van der Waals surface area contributed by atoms with E-state index in [0.717, 1.165) is 6.54 Å². The van der Waals surface area contributed by atoms with Crippen molar-refractivity contribution >= 4 is 35.7 Å². The second-order valence-corrected chi connectivity index (χ2v) is 7.85. The second-order valence-electron chi connectivity index (χ2n) is 5.30. The summed E-state index contributed by atoms with van der Waals surface area (Å²) >= 11 is 2.51. The summed E-state index contributed by atoms with van der Waals surface area (Å²) in [5.74, 6) is 1.24. The van der Waals surface area contributed by atoms with Crippen LogP contribution in [0.15, 0.2) is 0 Å². The third-order valence-electron chi connectivity index (χ3n) is 3.70. The van der Waals surface area contributed by atoms with Crippen LogP contribution in [0.5, 0.6) is 0 Å². The van der Waals surface area contributed by atoms with Crippen molar-refractivity contribution in [2.45, 2.75) is 6.42 Å². The van der Waals surface area contributed by atoms with E-state index in [1.54, 1.807) is 7.05 Å². The average Bonchev–Trinajstić information content (AvgIpc) is 2.76. The highest BCUT2D eigenvalue weighted by atomic mass is 32.2. The lowest BCUT2D eigenvalue weighted by atomic mass is 10.3. The van der Waals surface area contributed by atoms with Gasteiger partial charge in [0, 0.05) is 7.05 Å². The Balaban J connectivity index is 2.04. The van der Waals surface area contributed by atoms with E-state index in [2.05, 4.69) is 5.32 Å². The van der Waals surface area contributed by atoms with Crippen LogP contribution in [0.25, 0.3) is 0 Å². The lowest BCUT2D eigenvalue weighted by Gasteiger charge is -2.43. The van der Waals surface area contributed by atoms with Crippen LogP contribution in [0.1, 0.15) is 6.42 Å². The summed E-state index contributed by atoms with van der Waals surface area (Å²) in [6, 6.07) is 0. The maximum atomic E-state index is 12.5. The standard InChI is InChI=1S/C11H20N4O3S2/c1-12-10(16)3-5-14(2)6-8-20-15(18)13(4-7-19-15)11(17)9-14/h3-9H2,1-2H3/p+1. The molecular weight excluding hydrogens is 300 g/mol. The zero-order valence-electron chi connectivity index (χ0n) is 11.8. The van der Waals surface area contributed by atoms with Crippen LogP contribution in [0.2, 0.25) is 0 Å². The molecule has 7 nitrogen and oxygen atoms in total. The number of carbonyl (C=O) groups is 2. The molecule has 0 aromatic rings. The molecule has 2 saturated heterocycles. The molecule has 0 aromatic carbocycles. The largest absolute Gasteiger partial charge is 0.582 e. The van der Waals surface area contributed by atoms with Crippen LogP contribution >= 0.6 is 23.9 Å². The Morgan fingerprint density at radius 1 is 1.45 bits per heavy atom. The fourth-order valence-electron chi connectivity index (χ4n) is 2.35. The number of fused-ring (bicyclic) bond motifs is 1. The molecule has 2 rings (SSSR count). The second kappa shape index (κ2) is 6.10. The van der Waals surface area contributed by atoms with Gasteiger partial charge in [0.2, 0.25) is 5.91 Å². The quantitative estimate of drug-likeness (QED) is 0.448. The van der Waals surface area contributed by atoms with Gasteiger partial charge in [0.25, 0.3) is 0 Å². The van der Waals surface area contributed by atoms with Gasteiger partial charge in [0.05, 0.1) is 38.9 Å². The highest BCUT2D eigenvalue weighted by Gasteiger charge is 2.45. The van der Waals surface area contributed by atoms with Crippen LogP contribution in [0.4, 0.5) is 0 Å². The Hall–Kier alpha value is -0.480. The van der Waals surface area contributed by atoms with E-state index in [0.29, 0.717) is 42.0 Å². The summed E-state index contributed by atoms with van der Waals surface area (Å²) in [5.41, 5.74) is 0. The van der Waals surface area contributed by atoms with E-state index in [4.69, 9.17) is 0 Å². The first kappa shape index (κ1) is 15.9. The molecule has 2 fully saturated rings. The SMILES string of the molecule is CNC(=O)CC[N+]1(C)CCS[N+]2([O-])SCCN2C(=O)C1. The molecule has 0 saturated carbocycles. The first-order chi connectivity index (χ1) is 9.38. The molecule has 114 valence electrons. The molecule has 2 aliphatic rings. The van der Waals surface area contributed by atoms with E-state index in [1.165, 1.54) is 28.9 Å². The van der Waals surface area contributed by atoms with Crippen molar-refractivity contribution in [2.24, 2.45) is 0 Å². The molecule has 2 aliphatic heterocycles. The Kier molecular flexibility index (Phi) is 4.85. The van der Waals surface area contributed by atoms with Gasteiger partial charge >= 0.3 is 5.91 Å². The molecule has 2 atom stereocenters. The highest BCUT2D eigenvalue weighted by molar-refractivity contribution is 8.06. The molecule has 2 amide bonds. The van der Waals surface area contributed by atoms with Crippen molar-refractivity contribution in [3.63, 3.8) is 0 Å². The fraction of sp³-hybridized carbons (Fsp3) is 0.818. The molecule has 9 heteroatoms. The van der Waals surface area contributed by atoms with Crippen molar-refractivity contribution < 1.29 is 17.6 Å². The third-order valence-corrected chi connectivity index (χ3v) is 6.11. The third kappa shape index (κ3) is 3.40. The molecule has 2 unspecified atom stereocenters. The average molecular weight is 321 g/mol. The number of nitrogens with one attached hydrogen (secondary N) is 1. The number of rotatable bonds is 3. The predicted molar refractivity (Wildman–Crippen MR) is 79.7 cm³/mol. The highest BCUT2D eigenvalue weighted by Crippen LogP contribution is 2.41. The fourth-order valence-corrected chi connectivity index (χ4v) is 4.96. The van der Waals surface area contributed by atoms with Crippen molar-refractivity contribution in [2.75, 3.05) is 51.8 Å². The molecule has 0 aliphatic carbocycles. The van der Waals surface area contributed by atoms with Crippen molar-refractivity contribution in [3.8, 4) is 0 Å². The first-order valence-electron chi connectivity index (χ1n) is 6.63. The summed E-state index contributed by atoms with van der Waals surface area (Å²) in [6.45, 7) is 2.14. The number of hydrogen-bond donors (Lipinski definition) is 1. The van der Waals surface area contributed by atoms with Gasteiger partial charge in [-0.2, -0.15) is 5.01 Å². The van der Waals surface area contributed by atoms with Gasteiger partial charge in [0.1, 0.15) is 29.6 Å². The van der Waals surface area contributed by atoms with E-state index in [9.17, 15) is 14.8 Å². The van der Waals surface area contributed by atoms with E-state index >= 15 is 0 Å². The van der Waals surface area contributed by atoms with Crippen LogP contribution in [-0.2, 0) is 9.59 Å². The summed E-state index contributed by atoms with van der Waals surface area (Å²) in [4.78, 5) is 23.7. The number of carbonyl (C=O) groups excluding carboxylic acids is 2. The Labute approximate surface area is 127 Å². The Bertz CT molecular complexity index is 411. The van der Waals surface area contributed by atoms with Crippen LogP contribution < -0.4 is 5.32 Å². The molecular formula is C11H21N4O3S2+. The Morgan fingerprint density at radius 2 is 2.15 bits per heavy atom.